The van der Waals surface area contributed by atoms with E-state index in [0.29, 0.717) is 6.54 Å². The van der Waals surface area contributed by atoms with Crippen LogP contribution in [0.2, 0.25) is 0 Å². The summed E-state index contributed by atoms with van der Waals surface area (Å²) in [6.45, 7) is 0.371. The van der Waals surface area contributed by atoms with Crippen LogP contribution >= 0.6 is 0 Å². The van der Waals surface area contributed by atoms with Crippen molar-refractivity contribution in [2.75, 3.05) is 6.61 Å². The molecule has 1 heterocycles. The summed E-state index contributed by atoms with van der Waals surface area (Å²) in [6.07, 6.45) is 4.91. The maximum atomic E-state index is 11.6. The van der Waals surface area contributed by atoms with Crippen molar-refractivity contribution in [1.82, 2.24) is 4.98 Å². The molecule has 0 N–H and O–H groups in total. The molecule has 0 bridgehead atoms. The van der Waals surface area contributed by atoms with Gasteiger partial charge in [-0.15, -0.1) is 0 Å². The van der Waals surface area contributed by atoms with Gasteiger partial charge in [0, 0.05) is 5.56 Å². The van der Waals surface area contributed by atoms with E-state index in [-0.39, 0.29) is 12.3 Å². The molecule has 0 saturated carbocycles. The summed E-state index contributed by atoms with van der Waals surface area (Å²) in [5.41, 5.74) is 1.31. The first-order valence-electron chi connectivity index (χ1n) is 5.72. The first-order chi connectivity index (χ1) is 9.29. The fourth-order valence-corrected chi connectivity index (χ4v) is 1.60. The van der Waals surface area contributed by atoms with Gasteiger partial charge in [0.15, 0.2) is 19.3 Å². The fourth-order valence-electron chi connectivity index (χ4n) is 1.60. The molecule has 0 aliphatic carbocycles. The van der Waals surface area contributed by atoms with Crippen molar-refractivity contribution in [3.8, 4) is 6.07 Å². The Kier molecular flexibility index (Phi) is 4.19. The summed E-state index contributed by atoms with van der Waals surface area (Å²) >= 11 is 0. The zero-order chi connectivity index (χ0) is 13.5. The smallest absolute Gasteiger partial charge is 0.364 e. The lowest BCUT2D eigenvalue weighted by Crippen LogP contribution is -2.35. The number of carbonyl (C=O) groups excluding carboxylic acids is 1. The van der Waals surface area contributed by atoms with Gasteiger partial charge in [-0.3, -0.25) is 0 Å². The van der Waals surface area contributed by atoms with Crippen molar-refractivity contribution in [3.05, 3.63) is 60.2 Å². The van der Waals surface area contributed by atoms with Crippen LogP contribution in [-0.2, 0) is 11.3 Å². The van der Waals surface area contributed by atoms with E-state index in [1.54, 1.807) is 18.5 Å². The predicted molar refractivity (Wildman–Crippen MR) is 65.9 cm³/mol. The Balaban J connectivity index is 2.11. The van der Waals surface area contributed by atoms with E-state index in [2.05, 4.69) is 4.98 Å². The van der Waals surface area contributed by atoms with Gasteiger partial charge in [0.05, 0.1) is 6.20 Å². The number of carbonyl (C=O) groups is 1. The van der Waals surface area contributed by atoms with Crippen LogP contribution < -0.4 is 4.57 Å². The highest BCUT2D eigenvalue weighted by Crippen LogP contribution is 1.98. The lowest BCUT2D eigenvalue weighted by molar-refractivity contribution is -0.689. The fraction of sp³-hybridized carbons (Fsp3) is 0.143. The van der Waals surface area contributed by atoms with E-state index in [9.17, 15) is 4.79 Å². The van der Waals surface area contributed by atoms with Gasteiger partial charge in [-0.2, -0.15) is 9.83 Å². The highest BCUT2D eigenvalue weighted by atomic mass is 16.5. The van der Waals surface area contributed by atoms with Crippen LogP contribution in [0.4, 0.5) is 0 Å². The van der Waals surface area contributed by atoms with Crippen molar-refractivity contribution in [3.63, 3.8) is 0 Å². The molecule has 0 unspecified atom stereocenters. The van der Waals surface area contributed by atoms with Crippen molar-refractivity contribution in [1.29, 1.82) is 5.26 Å². The summed E-state index contributed by atoms with van der Waals surface area (Å²) in [5, 5.41) is 8.36. The van der Waals surface area contributed by atoms with E-state index in [4.69, 9.17) is 10.00 Å². The molecule has 19 heavy (non-hydrogen) atoms. The normalized spacial score (nSPS) is 9.63. The highest BCUT2D eigenvalue weighted by Gasteiger charge is 2.13. The molecule has 2 aromatic rings. The minimum atomic E-state index is -0.594. The lowest BCUT2D eigenvalue weighted by atomic mass is 10.2. The largest absolute Gasteiger partial charge is 0.445 e. The molecule has 0 saturated heterocycles. The monoisotopic (exact) mass is 254 g/mol. The van der Waals surface area contributed by atoms with E-state index < -0.39 is 5.97 Å². The number of nitrogens with zero attached hydrogens (tertiary/aromatic N) is 3. The van der Waals surface area contributed by atoms with E-state index in [1.807, 2.05) is 34.9 Å². The van der Waals surface area contributed by atoms with Crippen LogP contribution in [0.5, 0.6) is 0 Å². The van der Waals surface area contributed by atoms with Crippen molar-refractivity contribution < 1.29 is 14.1 Å². The molecular formula is C14H12N3O2+. The Bertz CT molecular complexity index is 606. The molecule has 5 nitrogen and oxygen atoms in total. The maximum Gasteiger partial charge on any atom is 0.364 e. The summed E-state index contributed by atoms with van der Waals surface area (Å²) in [5.74, 6) is -0.594. The van der Waals surface area contributed by atoms with Crippen LogP contribution in [0.25, 0.3) is 0 Å². The van der Waals surface area contributed by atoms with Crippen LogP contribution in [0.15, 0.2) is 48.9 Å². The topological polar surface area (TPSA) is 66.9 Å². The predicted octanol–water partition coefficient (Wildman–Crippen LogP) is 1.10. The maximum absolute atomic E-state index is 11.6. The van der Waals surface area contributed by atoms with Gasteiger partial charge >= 0.3 is 5.97 Å². The number of rotatable bonds is 4. The van der Waals surface area contributed by atoms with E-state index in [1.165, 1.54) is 6.20 Å². The molecule has 0 radical (unpaired) electrons. The number of aromatic nitrogens is 2. The standard InChI is InChI=1S/C14H12N3O2/c15-6-9-19-14(18)13-11-17(8-7-16-13)10-12-4-2-1-3-5-12/h1-5,7-8,11H,9-10H2/q+1. The molecule has 1 aromatic heterocycles. The van der Waals surface area contributed by atoms with Crippen molar-refractivity contribution >= 4 is 5.97 Å². The SMILES string of the molecule is N#CCOC(=O)c1c[n+](Cc2ccccc2)ccn1. The molecule has 0 atom stereocenters. The molecule has 0 amide bonds. The minimum Gasteiger partial charge on any atom is -0.445 e. The van der Waals surface area contributed by atoms with Gasteiger partial charge in [0.1, 0.15) is 6.07 Å². The summed E-state index contributed by atoms with van der Waals surface area (Å²) in [4.78, 5) is 15.5. The molecule has 2 rings (SSSR count). The average Bonchev–Trinajstić information content (AvgIpc) is 2.46. The van der Waals surface area contributed by atoms with Crippen molar-refractivity contribution in [2.45, 2.75) is 6.54 Å². The number of ether oxygens (including phenoxy) is 1. The van der Waals surface area contributed by atoms with Crippen LogP contribution in [0.1, 0.15) is 16.1 Å². The second-order valence-corrected chi connectivity index (χ2v) is 3.83. The first kappa shape index (κ1) is 12.7. The van der Waals surface area contributed by atoms with Gasteiger partial charge in [-0.25, -0.2) is 9.78 Å². The van der Waals surface area contributed by atoms with Gasteiger partial charge < -0.3 is 4.74 Å². The van der Waals surface area contributed by atoms with Gasteiger partial charge in [-0.1, -0.05) is 30.3 Å². The number of hydrogen-bond donors (Lipinski definition) is 0. The Morgan fingerprint density at radius 1 is 1.37 bits per heavy atom. The highest BCUT2D eigenvalue weighted by molar-refractivity contribution is 5.86. The van der Waals surface area contributed by atoms with Crippen LogP contribution in [0.3, 0.4) is 0 Å². The number of nitriles is 1. The number of hydrogen-bond acceptors (Lipinski definition) is 4. The molecule has 1 aromatic carbocycles. The summed E-state index contributed by atoms with van der Waals surface area (Å²) in [7, 11) is 0. The molecule has 0 fully saturated rings. The number of esters is 1. The third-order valence-electron chi connectivity index (χ3n) is 2.44. The van der Waals surface area contributed by atoms with Crippen molar-refractivity contribution in [2.24, 2.45) is 0 Å². The molecule has 0 spiro atoms. The average molecular weight is 254 g/mol. The first-order valence-corrected chi connectivity index (χ1v) is 5.72. The zero-order valence-electron chi connectivity index (χ0n) is 10.2. The van der Waals surface area contributed by atoms with Crippen LogP contribution in [-0.4, -0.2) is 17.6 Å². The Hall–Kier alpha value is -2.74. The van der Waals surface area contributed by atoms with Crippen LogP contribution in [0, 0.1) is 11.3 Å². The Labute approximate surface area is 110 Å². The van der Waals surface area contributed by atoms with Gasteiger partial charge in [0.25, 0.3) is 0 Å². The second-order valence-electron chi connectivity index (χ2n) is 3.83. The molecule has 0 aliphatic rings. The zero-order valence-corrected chi connectivity index (χ0v) is 10.2. The Morgan fingerprint density at radius 3 is 2.89 bits per heavy atom. The minimum absolute atomic E-state index is 0.189. The quantitative estimate of drug-likeness (QED) is 0.605. The second kappa shape index (κ2) is 6.26. The molecular weight excluding hydrogens is 242 g/mol. The molecule has 94 valence electrons. The summed E-state index contributed by atoms with van der Waals surface area (Å²) in [6, 6.07) is 11.6. The third kappa shape index (κ3) is 3.61. The van der Waals surface area contributed by atoms with Gasteiger partial charge in [-0.05, 0) is 0 Å². The van der Waals surface area contributed by atoms with E-state index in [0.717, 1.165) is 5.56 Å². The van der Waals surface area contributed by atoms with Gasteiger partial charge in [0.2, 0.25) is 11.9 Å². The Morgan fingerprint density at radius 2 is 2.16 bits per heavy atom. The molecule has 0 aliphatic heterocycles. The summed E-state index contributed by atoms with van der Waals surface area (Å²) < 4.78 is 6.55. The third-order valence-corrected chi connectivity index (χ3v) is 2.44. The lowest BCUT2D eigenvalue weighted by Gasteiger charge is -2.00. The number of benzene rings is 1. The van der Waals surface area contributed by atoms with E-state index >= 15 is 0 Å². The molecule has 5 heteroatoms.